The number of pyridine rings is 1. The Hall–Kier alpha value is -2.70. The first kappa shape index (κ1) is 15.2. The molecule has 3 aromatic heterocycles. The van der Waals surface area contributed by atoms with E-state index in [-0.39, 0.29) is 5.91 Å². The first-order valence-corrected chi connectivity index (χ1v) is 7.58. The highest BCUT2D eigenvalue weighted by Gasteiger charge is 2.11. The minimum atomic E-state index is -0.0658. The normalized spacial score (nSPS) is 11.1. The van der Waals surface area contributed by atoms with Gasteiger partial charge in [-0.05, 0) is 45.4 Å². The lowest BCUT2D eigenvalue weighted by Crippen LogP contribution is -2.16. The maximum Gasteiger partial charge on any atom is 0.226 e. The van der Waals surface area contributed by atoms with Gasteiger partial charge in [-0.25, -0.2) is 9.50 Å². The van der Waals surface area contributed by atoms with Crippen LogP contribution in [0.2, 0.25) is 0 Å². The Kier molecular flexibility index (Phi) is 3.85. The molecule has 0 saturated heterocycles. The first-order chi connectivity index (χ1) is 11.0. The zero-order chi connectivity index (χ0) is 16.6. The van der Waals surface area contributed by atoms with Crippen LogP contribution in [0.4, 0.5) is 5.69 Å². The molecule has 0 atom stereocenters. The highest BCUT2D eigenvalue weighted by atomic mass is 16.1. The van der Waals surface area contributed by atoms with Crippen LogP contribution in [-0.4, -0.2) is 30.3 Å². The van der Waals surface area contributed by atoms with Gasteiger partial charge in [0.1, 0.15) is 5.82 Å². The Bertz CT molecular complexity index is 876. The molecule has 1 N–H and O–H groups in total. The second-order valence-corrected chi connectivity index (χ2v) is 5.67. The lowest BCUT2D eigenvalue weighted by atomic mass is 10.2. The molecular weight excluding hydrogens is 292 g/mol. The summed E-state index contributed by atoms with van der Waals surface area (Å²) in [6, 6.07) is 3.66. The molecule has 3 rings (SSSR count). The van der Waals surface area contributed by atoms with Crippen LogP contribution in [-0.2, 0) is 11.3 Å². The van der Waals surface area contributed by atoms with E-state index in [2.05, 4.69) is 20.5 Å². The molecule has 0 aliphatic rings. The molecule has 0 aliphatic carbocycles. The van der Waals surface area contributed by atoms with Crippen molar-refractivity contribution in [3.8, 4) is 0 Å². The van der Waals surface area contributed by atoms with E-state index in [0.717, 1.165) is 11.4 Å². The van der Waals surface area contributed by atoms with Crippen molar-refractivity contribution in [1.29, 1.82) is 0 Å². The first-order valence-electron chi connectivity index (χ1n) is 7.58. The van der Waals surface area contributed by atoms with Crippen molar-refractivity contribution in [2.24, 2.45) is 0 Å². The van der Waals surface area contributed by atoms with E-state index in [4.69, 9.17) is 0 Å². The van der Waals surface area contributed by atoms with E-state index >= 15 is 0 Å². The third-order valence-corrected chi connectivity index (χ3v) is 4.04. The second kappa shape index (κ2) is 5.83. The van der Waals surface area contributed by atoms with Gasteiger partial charge in [-0.2, -0.15) is 10.2 Å². The van der Waals surface area contributed by atoms with Crippen molar-refractivity contribution >= 4 is 17.2 Å². The minimum Gasteiger partial charge on any atom is -0.323 e. The summed E-state index contributed by atoms with van der Waals surface area (Å²) in [5.41, 5.74) is 4.61. The molecule has 0 unspecified atom stereocenters. The second-order valence-electron chi connectivity index (χ2n) is 5.67. The molecule has 0 radical (unpaired) electrons. The Morgan fingerprint density at radius 3 is 2.70 bits per heavy atom. The number of carbonyl (C=O) groups is 1. The van der Waals surface area contributed by atoms with Crippen LogP contribution in [0.15, 0.2) is 18.3 Å². The van der Waals surface area contributed by atoms with E-state index in [1.807, 2.05) is 50.7 Å². The van der Waals surface area contributed by atoms with Crippen molar-refractivity contribution in [2.75, 3.05) is 5.32 Å². The molecule has 7 nitrogen and oxygen atoms in total. The molecule has 0 aliphatic heterocycles. The third kappa shape index (κ3) is 2.94. The third-order valence-electron chi connectivity index (χ3n) is 4.04. The number of aryl methyl sites for hydroxylation is 3. The van der Waals surface area contributed by atoms with Crippen molar-refractivity contribution in [2.45, 2.75) is 40.7 Å². The van der Waals surface area contributed by atoms with Crippen LogP contribution in [0, 0.1) is 27.7 Å². The molecule has 0 fully saturated rings. The number of fused-ring (bicyclic) bond motifs is 1. The van der Waals surface area contributed by atoms with E-state index in [0.29, 0.717) is 30.1 Å². The van der Waals surface area contributed by atoms with Gasteiger partial charge < -0.3 is 5.32 Å². The Morgan fingerprint density at radius 2 is 2.00 bits per heavy atom. The van der Waals surface area contributed by atoms with Gasteiger partial charge >= 0.3 is 0 Å². The summed E-state index contributed by atoms with van der Waals surface area (Å²) < 4.78 is 3.54. The summed E-state index contributed by atoms with van der Waals surface area (Å²) in [7, 11) is 0. The number of hydrogen-bond donors (Lipinski definition) is 1. The molecule has 0 bridgehead atoms. The predicted molar refractivity (Wildman–Crippen MR) is 87.4 cm³/mol. The summed E-state index contributed by atoms with van der Waals surface area (Å²) in [4.78, 5) is 16.6. The molecule has 120 valence electrons. The number of hydrogen-bond acceptors (Lipinski definition) is 4. The number of nitrogens with one attached hydrogen (secondary N) is 1. The quantitative estimate of drug-likeness (QED) is 0.801. The van der Waals surface area contributed by atoms with Crippen molar-refractivity contribution < 1.29 is 4.79 Å². The summed E-state index contributed by atoms with van der Waals surface area (Å²) in [6.07, 6.45) is 2.17. The average molecular weight is 312 g/mol. The van der Waals surface area contributed by atoms with Gasteiger partial charge in [-0.3, -0.25) is 9.48 Å². The standard InChI is InChI=1S/C16H20N6O/c1-10-11(2)19-21(12(10)3)9-7-15(23)18-14-6-5-8-22-16(14)17-13(4)20-22/h5-6,8H,7,9H2,1-4H3,(H,18,23). The van der Waals surface area contributed by atoms with Crippen LogP contribution in [0.5, 0.6) is 0 Å². The molecule has 3 heterocycles. The lowest BCUT2D eigenvalue weighted by Gasteiger charge is -2.07. The zero-order valence-electron chi connectivity index (χ0n) is 13.8. The van der Waals surface area contributed by atoms with Crippen molar-refractivity contribution in [3.05, 3.63) is 41.1 Å². The minimum absolute atomic E-state index is 0.0658. The highest BCUT2D eigenvalue weighted by Crippen LogP contribution is 2.15. The van der Waals surface area contributed by atoms with E-state index in [9.17, 15) is 4.79 Å². The topological polar surface area (TPSA) is 77.1 Å². The summed E-state index contributed by atoms with van der Waals surface area (Å²) in [5.74, 6) is 0.605. The molecule has 23 heavy (non-hydrogen) atoms. The summed E-state index contributed by atoms with van der Waals surface area (Å²) in [6.45, 7) is 8.42. The van der Waals surface area contributed by atoms with Crippen molar-refractivity contribution in [1.82, 2.24) is 24.4 Å². The number of anilines is 1. The molecule has 0 aromatic carbocycles. The summed E-state index contributed by atoms with van der Waals surface area (Å²) >= 11 is 0. The fourth-order valence-corrected chi connectivity index (χ4v) is 2.53. The van der Waals surface area contributed by atoms with Gasteiger partial charge in [0.05, 0.1) is 11.4 Å². The average Bonchev–Trinajstić information content (AvgIpc) is 3.01. The van der Waals surface area contributed by atoms with Crippen LogP contribution in [0.1, 0.15) is 29.2 Å². The number of carbonyl (C=O) groups excluding carboxylic acids is 1. The monoisotopic (exact) mass is 312 g/mol. The maximum absolute atomic E-state index is 12.2. The van der Waals surface area contributed by atoms with Crippen LogP contribution in [0.3, 0.4) is 0 Å². The van der Waals surface area contributed by atoms with Gasteiger partial charge in [0.2, 0.25) is 5.91 Å². The SMILES string of the molecule is Cc1nc2c(NC(=O)CCn3nc(C)c(C)c3C)cccn2n1. The van der Waals surface area contributed by atoms with Crippen LogP contribution in [0.25, 0.3) is 5.65 Å². The van der Waals surface area contributed by atoms with Crippen LogP contribution < -0.4 is 5.32 Å². The molecular formula is C16H20N6O. The van der Waals surface area contributed by atoms with Gasteiger partial charge in [0.15, 0.2) is 5.65 Å². The molecule has 7 heteroatoms. The number of nitrogens with zero attached hydrogens (tertiary/aromatic N) is 5. The Labute approximate surface area is 134 Å². The summed E-state index contributed by atoms with van der Waals surface area (Å²) in [5, 5.41) is 11.6. The van der Waals surface area contributed by atoms with E-state index in [1.165, 1.54) is 5.56 Å². The largest absolute Gasteiger partial charge is 0.323 e. The maximum atomic E-state index is 12.2. The van der Waals surface area contributed by atoms with Gasteiger partial charge in [-0.15, -0.1) is 0 Å². The molecule has 3 aromatic rings. The van der Waals surface area contributed by atoms with Crippen molar-refractivity contribution in [3.63, 3.8) is 0 Å². The molecule has 0 spiro atoms. The number of rotatable bonds is 4. The van der Waals surface area contributed by atoms with Gasteiger partial charge in [0.25, 0.3) is 0 Å². The van der Waals surface area contributed by atoms with Gasteiger partial charge in [0, 0.05) is 24.9 Å². The Balaban J connectivity index is 1.70. The number of amides is 1. The fourth-order valence-electron chi connectivity index (χ4n) is 2.53. The van der Waals surface area contributed by atoms with Crippen LogP contribution >= 0.6 is 0 Å². The smallest absolute Gasteiger partial charge is 0.226 e. The zero-order valence-corrected chi connectivity index (χ0v) is 13.8. The van der Waals surface area contributed by atoms with Gasteiger partial charge in [-0.1, -0.05) is 0 Å². The van der Waals surface area contributed by atoms with E-state index < -0.39 is 0 Å². The molecule has 1 amide bonds. The fraction of sp³-hybridized carbons (Fsp3) is 0.375. The Morgan fingerprint density at radius 1 is 1.22 bits per heavy atom. The predicted octanol–water partition coefficient (Wildman–Crippen LogP) is 2.19. The van der Waals surface area contributed by atoms with E-state index in [1.54, 1.807) is 4.52 Å². The molecule has 0 saturated carbocycles. The lowest BCUT2D eigenvalue weighted by molar-refractivity contribution is -0.116. The highest BCUT2D eigenvalue weighted by molar-refractivity contribution is 5.94. The number of aromatic nitrogens is 5.